The Hall–Kier alpha value is -2.29. The fraction of sp³-hybridized carbons (Fsp3) is 0.722. The monoisotopic (exact) mass is 387 g/mol. The summed E-state index contributed by atoms with van der Waals surface area (Å²) in [4.78, 5) is 56.6. The molecule has 154 valence electrons. The highest BCUT2D eigenvalue weighted by Gasteiger charge is 2.31. The van der Waals surface area contributed by atoms with Crippen molar-refractivity contribution in [1.29, 1.82) is 0 Å². The maximum Gasteiger partial charge on any atom is 0.372 e. The molecule has 0 aromatic rings. The number of hydrogen-bond acceptors (Lipinski definition) is 7. The first-order valence-electron chi connectivity index (χ1n) is 8.82. The lowest BCUT2D eigenvalue weighted by molar-refractivity contribution is -0.149. The molecule has 0 saturated carbocycles. The zero-order chi connectivity index (χ0) is 21.2. The average Bonchev–Trinajstić information content (AvgIpc) is 2.62. The number of aliphatic carboxylic acids is 1. The summed E-state index contributed by atoms with van der Waals surface area (Å²) in [5.74, 6) is -4.87. The van der Waals surface area contributed by atoms with Gasteiger partial charge in [0.1, 0.15) is 18.5 Å². The van der Waals surface area contributed by atoms with Gasteiger partial charge in [0.05, 0.1) is 6.42 Å². The van der Waals surface area contributed by atoms with Gasteiger partial charge in [0.2, 0.25) is 11.7 Å². The molecule has 0 aliphatic carbocycles. The van der Waals surface area contributed by atoms with Gasteiger partial charge >= 0.3 is 11.9 Å². The molecule has 0 aliphatic rings. The number of hydrogen-bond donors (Lipinski definition) is 3. The molecule has 0 rings (SSSR count). The Labute approximate surface area is 158 Å². The van der Waals surface area contributed by atoms with Crippen LogP contribution < -0.4 is 5.32 Å². The normalized spacial score (nSPS) is 13.4. The summed E-state index contributed by atoms with van der Waals surface area (Å²) in [5, 5.41) is 20.9. The van der Waals surface area contributed by atoms with Crippen LogP contribution in [0.15, 0.2) is 0 Å². The topological polar surface area (TPSA) is 147 Å². The lowest BCUT2D eigenvalue weighted by Gasteiger charge is -2.28. The second-order valence-electron chi connectivity index (χ2n) is 7.06. The van der Waals surface area contributed by atoms with Crippen molar-refractivity contribution in [2.45, 2.75) is 59.5 Å². The van der Waals surface area contributed by atoms with E-state index in [0.717, 1.165) is 0 Å². The number of ketones is 2. The minimum Gasteiger partial charge on any atom is -0.476 e. The van der Waals surface area contributed by atoms with Crippen molar-refractivity contribution in [2.75, 3.05) is 13.2 Å². The Morgan fingerprint density at radius 2 is 1.67 bits per heavy atom. The number of amides is 1. The van der Waals surface area contributed by atoms with Crippen molar-refractivity contribution in [3.05, 3.63) is 0 Å². The number of aliphatic hydroxyl groups is 1. The molecule has 3 N–H and O–H groups in total. The van der Waals surface area contributed by atoms with E-state index in [1.807, 2.05) is 6.92 Å². The first-order valence-corrected chi connectivity index (χ1v) is 8.82. The first kappa shape index (κ1) is 24.7. The number of aliphatic hydroxyl groups excluding tert-OH is 1. The quantitative estimate of drug-likeness (QED) is 0.305. The summed E-state index contributed by atoms with van der Waals surface area (Å²) in [7, 11) is 0. The Morgan fingerprint density at radius 1 is 1.07 bits per heavy atom. The maximum atomic E-state index is 11.8. The van der Waals surface area contributed by atoms with Gasteiger partial charge in [-0.25, -0.2) is 4.79 Å². The highest BCUT2D eigenvalue weighted by molar-refractivity contribution is 6.32. The van der Waals surface area contributed by atoms with Crippen LogP contribution >= 0.6 is 0 Å². The molecule has 0 spiro atoms. The third-order valence-electron chi connectivity index (χ3n) is 4.41. The van der Waals surface area contributed by atoms with E-state index in [0.29, 0.717) is 6.42 Å². The van der Waals surface area contributed by atoms with E-state index in [4.69, 9.17) is 9.84 Å². The van der Waals surface area contributed by atoms with Gasteiger partial charge < -0.3 is 20.3 Å². The molecule has 1 unspecified atom stereocenters. The molecule has 9 nitrogen and oxygen atoms in total. The highest BCUT2D eigenvalue weighted by Crippen LogP contribution is 2.24. The zero-order valence-electron chi connectivity index (χ0n) is 16.2. The van der Waals surface area contributed by atoms with Crippen LogP contribution in [0.4, 0.5) is 0 Å². The van der Waals surface area contributed by atoms with E-state index >= 15 is 0 Å². The van der Waals surface area contributed by atoms with E-state index < -0.39 is 47.5 Å². The number of Topliss-reactive ketones (excluding diaryl/α,β-unsaturated/α-hetero) is 2. The SMILES string of the molecule is CCC(C)(C)[C@@H](O)C(=O)NCCC(=O)OCC(C)C(=O)CCC(=O)C(=O)O. The van der Waals surface area contributed by atoms with Crippen molar-refractivity contribution < 1.29 is 38.9 Å². The molecular formula is C18H29NO8. The summed E-state index contributed by atoms with van der Waals surface area (Å²) in [6.07, 6.45) is -1.33. The minimum absolute atomic E-state index is 0.00996. The maximum absolute atomic E-state index is 11.8. The predicted molar refractivity (Wildman–Crippen MR) is 94.7 cm³/mol. The molecule has 0 aromatic heterocycles. The van der Waals surface area contributed by atoms with Crippen LogP contribution in [-0.4, -0.2) is 58.9 Å². The summed E-state index contributed by atoms with van der Waals surface area (Å²) in [6, 6.07) is 0. The summed E-state index contributed by atoms with van der Waals surface area (Å²) in [6.45, 7) is 6.67. The molecule has 0 heterocycles. The van der Waals surface area contributed by atoms with E-state index in [9.17, 15) is 29.1 Å². The fourth-order valence-electron chi connectivity index (χ4n) is 1.91. The number of carbonyl (C=O) groups is 5. The molecule has 0 saturated heterocycles. The lowest BCUT2D eigenvalue weighted by Crippen LogP contribution is -2.44. The van der Waals surface area contributed by atoms with Crippen molar-refractivity contribution in [3.8, 4) is 0 Å². The summed E-state index contributed by atoms with van der Waals surface area (Å²) >= 11 is 0. The Morgan fingerprint density at radius 3 is 2.19 bits per heavy atom. The second kappa shape index (κ2) is 11.4. The number of nitrogens with one attached hydrogen (secondary N) is 1. The van der Waals surface area contributed by atoms with E-state index in [1.165, 1.54) is 6.92 Å². The van der Waals surface area contributed by atoms with Crippen LogP contribution in [0.25, 0.3) is 0 Å². The van der Waals surface area contributed by atoms with Crippen molar-refractivity contribution >= 4 is 29.4 Å². The predicted octanol–water partition coefficient (Wildman–Crippen LogP) is 0.472. The van der Waals surface area contributed by atoms with Gasteiger partial charge in [0.25, 0.3) is 0 Å². The van der Waals surface area contributed by atoms with Gasteiger partial charge in [-0.1, -0.05) is 27.7 Å². The van der Waals surface area contributed by atoms with Gasteiger partial charge in [0.15, 0.2) is 0 Å². The van der Waals surface area contributed by atoms with E-state index in [1.54, 1.807) is 13.8 Å². The molecule has 2 atom stereocenters. The third-order valence-corrected chi connectivity index (χ3v) is 4.41. The van der Waals surface area contributed by atoms with Crippen LogP contribution in [0.1, 0.15) is 53.4 Å². The number of carboxylic acid groups (broad SMARTS) is 1. The van der Waals surface area contributed by atoms with Crippen LogP contribution in [0, 0.1) is 11.3 Å². The molecule has 27 heavy (non-hydrogen) atoms. The molecule has 1 amide bonds. The van der Waals surface area contributed by atoms with Gasteiger partial charge in [-0.05, 0) is 11.8 Å². The van der Waals surface area contributed by atoms with Crippen LogP contribution in [-0.2, 0) is 28.7 Å². The molecule has 0 aliphatic heterocycles. The first-order chi connectivity index (χ1) is 12.4. The van der Waals surface area contributed by atoms with Crippen molar-refractivity contribution in [1.82, 2.24) is 5.32 Å². The van der Waals surface area contributed by atoms with Gasteiger partial charge in [-0.15, -0.1) is 0 Å². The Bertz CT molecular complexity index is 570. The van der Waals surface area contributed by atoms with Crippen LogP contribution in [0.2, 0.25) is 0 Å². The molecule has 0 radical (unpaired) electrons. The number of ether oxygens (including phenoxy) is 1. The third kappa shape index (κ3) is 9.28. The Balaban J connectivity index is 4.12. The minimum atomic E-state index is -1.59. The number of esters is 1. The fourth-order valence-corrected chi connectivity index (χ4v) is 1.91. The molecule has 9 heteroatoms. The zero-order valence-corrected chi connectivity index (χ0v) is 16.2. The lowest BCUT2D eigenvalue weighted by atomic mass is 9.83. The Kier molecular flexibility index (Phi) is 10.5. The van der Waals surface area contributed by atoms with Crippen LogP contribution in [0.3, 0.4) is 0 Å². The molecular weight excluding hydrogens is 358 g/mol. The van der Waals surface area contributed by atoms with E-state index in [-0.39, 0.29) is 31.8 Å². The molecule has 0 fully saturated rings. The smallest absolute Gasteiger partial charge is 0.372 e. The number of rotatable bonds is 13. The van der Waals surface area contributed by atoms with Gasteiger partial charge in [0, 0.05) is 25.3 Å². The molecule has 0 aromatic carbocycles. The van der Waals surface area contributed by atoms with Crippen molar-refractivity contribution in [2.24, 2.45) is 11.3 Å². The van der Waals surface area contributed by atoms with E-state index in [2.05, 4.69) is 5.32 Å². The number of carboxylic acids is 1. The van der Waals surface area contributed by atoms with Crippen LogP contribution in [0.5, 0.6) is 0 Å². The van der Waals surface area contributed by atoms with Crippen molar-refractivity contribution in [3.63, 3.8) is 0 Å². The standard InChI is InChI=1S/C18H29NO8/c1-5-18(3,4)15(23)16(24)19-9-8-14(22)27-10-11(2)12(20)6-7-13(21)17(25)26/h11,15,23H,5-10H2,1-4H3,(H,19,24)(H,25,26)/t11?,15-/m0/s1. The summed E-state index contributed by atoms with van der Waals surface area (Å²) in [5.41, 5.74) is -0.581. The second-order valence-corrected chi connectivity index (χ2v) is 7.06. The molecule has 0 bridgehead atoms. The van der Waals surface area contributed by atoms with Gasteiger partial charge in [-0.3, -0.25) is 19.2 Å². The summed E-state index contributed by atoms with van der Waals surface area (Å²) < 4.78 is 4.94. The van der Waals surface area contributed by atoms with Gasteiger partial charge in [-0.2, -0.15) is 0 Å². The average molecular weight is 387 g/mol. The largest absolute Gasteiger partial charge is 0.476 e. The number of carbonyl (C=O) groups excluding carboxylic acids is 4. The highest BCUT2D eigenvalue weighted by atomic mass is 16.5.